The van der Waals surface area contributed by atoms with Crippen molar-refractivity contribution in [2.45, 2.75) is 13.8 Å². The fourth-order valence-corrected chi connectivity index (χ4v) is 2.09. The molecule has 0 aliphatic rings. The van der Waals surface area contributed by atoms with E-state index in [0.717, 1.165) is 0 Å². The fourth-order valence-electron chi connectivity index (χ4n) is 1.85. The smallest absolute Gasteiger partial charge is 0.128 e. The minimum Gasteiger partial charge on any atom is -0.396 e. The van der Waals surface area contributed by atoms with Crippen LogP contribution in [0.2, 0.25) is 5.02 Å². The summed E-state index contributed by atoms with van der Waals surface area (Å²) in [5, 5.41) is 4.07. The van der Waals surface area contributed by atoms with Crippen molar-refractivity contribution in [2.75, 3.05) is 17.6 Å². The molecule has 0 saturated carbocycles. The van der Waals surface area contributed by atoms with Gasteiger partial charge in [-0.15, -0.1) is 0 Å². The van der Waals surface area contributed by atoms with Crippen molar-refractivity contribution in [3.05, 3.63) is 28.7 Å². The van der Waals surface area contributed by atoms with Crippen molar-refractivity contribution in [3.63, 3.8) is 0 Å². The van der Waals surface area contributed by atoms with Crippen LogP contribution in [0.4, 0.5) is 15.8 Å². The largest absolute Gasteiger partial charge is 0.396 e. The van der Waals surface area contributed by atoms with E-state index in [1.165, 1.54) is 12.3 Å². The van der Waals surface area contributed by atoms with Gasteiger partial charge in [0.05, 0.1) is 28.1 Å². The molecule has 0 amide bonds. The van der Waals surface area contributed by atoms with Gasteiger partial charge in [-0.25, -0.2) is 4.39 Å². The Bertz CT molecular complexity index is 584. The number of benzene rings is 1. The van der Waals surface area contributed by atoms with Crippen LogP contribution in [0, 0.1) is 12.7 Å². The Morgan fingerprint density at radius 2 is 2.24 bits per heavy atom. The summed E-state index contributed by atoms with van der Waals surface area (Å²) in [4.78, 5) is 4.16. The van der Waals surface area contributed by atoms with Crippen molar-refractivity contribution in [1.82, 2.24) is 4.98 Å². The Balaban J connectivity index is 2.91. The van der Waals surface area contributed by atoms with E-state index in [4.69, 9.17) is 17.3 Å². The zero-order chi connectivity index (χ0) is 12.6. The molecule has 17 heavy (non-hydrogen) atoms. The maximum Gasteiger partial charge on any atom is 0.128 e. The molecule has 1 heterocycles. The van der Waals surface area contributed by atoms with Crippen molar-refractivity contribution < 1.29 is 4.39 Å². The summed E-state index contributed by atoms with van der Waals surface area (Å²) in [5.41, 5.74) is 8.10. The van der Waals surface area contributed by atoms with Gasteiger partial charge >= 0.3 is 0 Å². The fraction of sp³-hybridized carbons (Fsp3) is 0.250. The van der Waals surface area contributed by atoms with E-state index in [-0.39, 0.29) is 5.82 Å². The summed E-state index contributed by atoms with van der Waals surface area (Å²) in [6.45, 7) is 4.33. The van der Waals surface area contributed by atoms with Crippen molar-refractivity contribution in [3.8, 4) is 0 Å². The van der Waals surface area contributed by atoms with Crippen LogP contribution >= 0.6 is 11.6 Å². The number of anilines is 2. The van der Waals surface area contributed by atoms with Crippen molar-refractivity contribution in [1.29, 1.82) is 0 Å². The number of fused-ring (bicyclic) bond motifs is 1. The molecular weight excluding hydrogens is 241 g/mol. The number of nitrogen functional groups attached to an aromatic ring is 1. The summed E-state index contributed by atoms with van der Waals surface area (Å²) < 4.78 is 13.7. The molecule has 0 aliphatic heterocycles. The van der Waals surface area contributed by atoms with Crippen LogP contribution in [0.25, 0.3) is 10.9 Å². The predicted octanol–water partition coefficient (Wildman–Crippen LogP) is 3.35. The minimum absolute atomic E-state index is 0.294. The van der Waals surface area contributed by atoms with Gasteiger partial charge in [0.2, 0.25) is 0 Å². The highest BCUT2D eigenvalue weighted by molar-refractivity contribution is 6.35. The van der Waals surface area contributed by atoms with Crippen LogP contribution in [0.1, 0.15) is 12.5 Å². The number of nitrogens with one attached hydrogen (secondary N) is 1. The first-order valence-electron chi connectivity index (χ1n) is 5.33. The Morgan fingerprint density at radius 3 is 2.88 bits per heavy atom. The standard InChI is InChI=1S/C12H13ClFN3/c1-3-16-12-9(15)5-17-11-7(13)4-8(14)6(2)10(11)12/h4-5H,3,15H2,1-2H3,(H,16,17). The molecule has 0 aliphatic carbocycles. The Hall–Kier alpha value is -1.55. The Kier molecular flexibility index (Phi) is 3.07. The second kappa shape index (κ2) is 4.37. The lowest BCUT2D eigenvalue weighted by atomic mass is 10.1. The third kappa shape index (κ3) is 1.89. The SMILES string of the molecule is CCNc1c(N)cnc2c(Cl)cc(F)c(C)c12. The minimum atomic E-state index is -0.353. The second-order valence-electron chi connectivity index (χ2n) is 3.81. The first kappa shape index (κ1) is 11.9. The first-order chi connectivity index (χ1) is 8.06. The van der Waals surface area contributed by atoms with Crippen LogP contribution in [0.3, 0.4) is 0 Å². The van der Waals surface area contributed by atoms with E-state index >= 15 is 0 Å². The number of rotatable bonds is 2. The molecule has 1 aromatic carbocycles. The molecule has 0 fully saturated rings. The van der Waals surface area contributed by atoms with Crippen LogP contribution in [0.15, 0.2) is 12.3 Å². The third-order valence-corrected chi connectivity index (χ3v) is 2.96. The van der Waals surface area contributed by atoms with Gasteiger partial charge in [-0.3, -0.25) is 4.98 Å². The number of hydrogen-bond donors (Lipinski definition) is 2. The average Bonchev–Trinajstić information content (AvgIpc) is 2.29. The molecule has 0 atom stereocenters. The molecule has 0 bridgehead atoms. The number of nitrogens with two attached hydrogens (primary N) is 1. The number of hydrogen-bond acceptors (Lipinski definition) is 3. The number of nitrogens with zero attached hydrogens (tertiary/aromatic N) is 1. The maximum absolute atomic E-state index is 13.7. The van der Waals surface area contributed by atoms with Gasteiger partial charge in [0, 0.05) is 11.9 Å². The lowest BCUT2D eigenvalue weighted by Gasteiger charge is -2.13. The number of pyridine rings is 1. The van der Waals surface area contributed by atoms with Gasteiger partial charge < -0.3 is 11.1 Å². The quantitative estimate of drug-likeness (QED) is 0.863. The normalized spacial score (nSPS) is 10.8. The van der Waals surface area contributed by atoms with Gasteiger partial charge in [-0.2, -0.15) is 0 Å². The second-order valence-corrected chi connectivity index (χ2v) is 4.21. The topological polar surface area (TPSA) is 50.9 Å². The van der Waals surface area contributed by atoms with E-state index in [1.807, 2.05) is 6.92 Å². The predicted molar refractivity (Wildman–Crippen MR) is 70.0 cm³/mol. The number of aromatic nitrogens is 1. The lowest BCUT2D eigenvalue weighted by molar-refractivity contribution is 0.621. The third-order valence-electron chi connectivity index (χ3n) is 2.67. The summed E-state index contributed by atoms with van der Waals surface area (Å²) in [7, 11) is 0. The van der Waals surface area contributed by atoms with Gasteiger partial charge in [0.1, 0.15) is 5.82 Å². The first-order valence-corrected chi connectivity index (χ1v) is 5.70. The van der Waals surface area contributed by atoms with E-state index in [0.29, 0.717) is 39.4 Å². The van der Waals surface area contributed by atoms with Crippen LogP contribution in [0.5, 0.6) is 0 Å². The molecule has 2 rings (SSSR count). The Labute approximate surface area is 104 Å². The van der Waals surface area contributed by atoms with E-state index in [1.54, 1.807) is 6.92 Å². The van der Waals surface area contributed by atoms with Crippen molar-refractivity contribution >= 4 is 33.9 Å². The molecule has 0 spiro atoms. The molecule has 0 radical (unpaired) electrons. The van der Waals surface area contributed by atoms with Gasteiger partial charge in [-0.1, -0.05) is 11.6 Å². The van der Waals surface area contributed by atoms with Crippen molar-refractivity contribution in [2.24, 2.45) is 0 Å². The molecule has 2 aromatic rings. The van der Waals surface area contributed by atoms with E-state index < -0.39 is 0 Å². The molecule has 0 unspecified atom stereocenters. The van der Waals surface area contributed by atoms with Crippen LogP contribution in [-0.4, -0.2) is 11.5 Å². The number of halogens is 2. The van der Waals surface area contributed by atoms with E-state index in [2.05, 4.69) is 10.3 Å². The average molecular weight is 254 g/mol. The molecule has 1 aromatic heterocycles. The molecule has 0 saturated heterocycles. The highest BCUT2D eigenvalue weighted by atomic mass is 35.5. The van der Waals surface area contributed by atoms with Gasteiger partial charge in [0.25, 0.3) is 0 Å². The molecule has 3 N–H and O–H groups in total. The zero-order valence-corrected chi connectivity index (χ0v) is 10.4. The molecule has 90 valence electrons. The lowest BCUT2D eigenvalue weighted by Crippen LogP contribution is -2.04. The summed E-state index contributed by atoms with van der Waals surface area (Å²) in [5.74, 6) is -0.353. The maximum atomic E-state index is 13.7. The summed E-state index contributed by atoms with van der Waals surface area (Å²) >= 11 is 5.99. The molecule has 5 heteroatoms. The molecule has 3 nitrogen and oxygen atoms in total. The highest BCUT2D eigenvalue weighted by Gasteiger charge is 2.14. The van der Waals surface area contributed by atoms with Crippen LogP contribution < -0.4 is 11.1 Å². The zero-order valence-electron chi connectivity index (χ0n) is 9.64. The summed E-state index contributed by atoms with van der Waals surface area (Å²) in [6, 6.07) is 1.28. The van der Waals surface area contributed by atoms with E-state index in [9.17, 15) is 4.39 Å². The summed E-state index contributed by atoms with van der Waals surface area (Å²) in [6.07, 6.45) is 1.53. The van der Waals surface area contributed by atoms with Crippen LogP contribution in [-0.2, 0) is 0 Å². The Morgan fingerprint density at radius 1 is 1.53 bits per heavy atom. The number of aryl methyl sites for hydroxylation is 1. The molecular formula is C12H13ClFN3. The van der Waals surface area contributed by atoms with Gasteiger partial charge in [-0.05, 0) is 25.5 Å². The monoisotopic (exact) mass is 253 g/mol. The van der Waals surface area contributed by atoms with Gasteiger partial charge in [0.15, 0.2) is 0 Å². The highest BCUT2D eigenvalue weighted by Crippen LogP contribution is 2.35.